The first-order chi connectivity index (χ1) is 10.3. The lowest BCUT2D eigenvalue weighted by Crippen LogP contribution is -2.29. The number of aliphatic carboxylic acids is 1. The molecule has 0 spiro atoms. The monoisotopic (exact) mass is 310 g/mol. The highest BCUT2D eigenvalue weighted by Crippen LogP contribution is 2.41. The van der Waals surface area contributed by atoms with Crippen molar-refractivity contribution in [3.63, 3.8) is 0 Å². The van der Waals surface area contributed by atoms with Crippen molar-refractivity contribution in [2.24, 2.45) is 0 Å². The number of nitrogens with zero attached hydrogens (tertiary/aromatic N) is 4. The molecule has 0 radical (unpaired) electrons. The fourth-order valence-corrected chi connectivity index (χ4v) is 3.53. The number of thioether (sulfide) groups is 1. The first-order valence-corrected chi connectivity index (χ1v) is 8.78. The summed E-state index contributed by atoms with van der Waals surface area (Å²) in [7, 11) is 0. The zero-order valence-corrected chi connectivity index (χ0v) is 13.0. The third kappa shape index (κ3) is 3.70. The lowest BCUT2D eigenvalue weighted by atomic mass is 10.1. The first kappa shape index (κ1) is 14.7. The van der Waals surface area contributed by atoms with Gasteiger partial charge in [-0.2, -0.15) is 0 Å². The van der Waals surface area contributed by atoms with Gasteiger partial charge in [0.25, 0.3) is 0 Å². The van der Waals surface area contributed by atoms with Gasteiger partial charge >= 0.3 is 5.97 Å². The van der Waals surface area contributed by atoms with Gasteiger partial charge in [-0.3, -0.25) is 9.36 Å². The average Bonchev–Trinajstić information content (AvgIpc) is 3.17. The molecule has 1 saturated heterocycles. The summed E-state index contributed by atoms with van der Waals surface area (Å²) in [6, 6.07) is 0.469. The van der Waals surface area contributed by atoms with E-state index >= 15 is 0 Å². The minimum absolute atomic E-state index is 0.0465. The fourth-order valence-electron chi connectivity index (χ4n) is 2.81. The Labute approximate surface area is 128 Å². The second-order valence-corrected chi connectivity index (χ2v) is 6.76. The third-order valence-corrected chi connectivity index (χ3v) is 4.95. The molecule has 0 amide bonds. The van der Waals surface area contributed by atoms with E-state index in [4.69, 9.17) is 5.11 Å². The average molecular weight is 310 g/mol. The first-order valence-electron chi connectivity index (χ1n) is 7.80. The van der Waals surface area contributed by atoms with Gasteiger partial charge in [0.1, 0.15) is 0 Å². The molecule has 116 valence electrons. The minimum atomic E-state index is -0.807. The van der Waals surface area contributed by atoms with Gasteiger partial charge in [-0.15, -0.1) is 10.2 Å². The normalized spacial score (nSPS) is 20.1. The summed E-state index contributed by atoms with van der Waals surface area (Å²) in [5.74, 6) is 0.190. The molecule has 6 nitrogen and oxygen atoms in total. The summed E-state index contributed by atoms with van der Waals surface area (Å²) in [4.78, 5) is 13.1. The van der Waals surface area contributed by atoms with Gasteiger partial charge in [0, 0.05) is 19.1 Å². The molecule has 2 fully saturated rings. The Kier molecular flexibility index (Phi) is 4.67. The molecule has 2 heterocycles. The van der Waals surface area contributed by atoms with E-state index in [1.165, 1.54) is 43.9 Å². The van der Waals surface area contributed by atoms with E-state index in [-0.39, 0.29) is 5.75 Å². The zero-order chi connectivity index (χ0) is 14.7. The van der Waals surface area contributed by atoms with Crippen molar-refractivity contribution in [1.82, 2.24) is 14.8 Å². The molecule has 0 bridgehead atoms. The van der Waals surface area contributed by atoms with Crippen LogP contribution in [0.2, 0.25) is 0 Å². The molecule has 0 atom stereocenters. The number of anilines is 1. The van der Waals surface area contributed by atoms with E-state index in [1.54, 1.807) is 0 Å². The van der Waals surface area contributed by atoms with Crippen LogP contribution in [0.25, 0.3) is 0 Å². The number of hydrogen-bond donors (Lipinski definition) is 1. The van der Waals surface area contributed by atoms with Gasteiger partial charge in [0.2, 0.25) is 5.95 Å². The Morgan fingerprint density at radius 2 is 1.81 bits per heavy atom. The molecule has 0 aromatic carbocycles. The van der Waals surface area contributed by atoms with Crippen LogP contribution in [-0.2, 0) is 4.79 Å². The Bertz CT molecular complexity index is 493. The molecule has 1 N–H and O–H groups in total. The standard InChI is InChI=1S/C14H22N4O2S/c19-12(20)10-21-14-16-15-13(18(14)11-6-7-11)17-8-4-2-1-3-5-9-17/h11H,1-10H2,(H,19,20). The van der Waals surface area contributed by atoms with Gasteiger partial charge in [-0.05, 0) is 25.7 Å². The van der Waals surface area contributed by atoms with Crippen LogP contribution in [0, 0.1) is 0 Å². The van der Waals surface area contributed by atoms with E-state index in [2.05, 4.69) is 19.7 Å². The molecular formula is C14H22N4O2S. The Hall–Kier alpha value is -1.24. The van der Waals surface area contributed by atoms with Gasteiger partial charge in [0.15, 0.2) is 5.16 Å². The SMILES string of the molecule is O=C(O)CSc1nnc(N2CCCCCCC2)n1C1CC1. The maximum Gasteiger partial charge on any atom is 0.313 e. The van der Waals surface area contributed by atoms with Gasteiger partial charge < -0.3 is 10.0 Å². The van der Waals surface area contributed by atoms with Crippen LogP contribution in [-0.4, -0.2) is 44.7 Å². The predicted molar refractivity (Wildman–Crippen MR) is 82.0 cm³/mol. The Morgan fingerprint density at radius 3 is 2.43 bits per heavy atom. The number of aromatic nitrogens is 3. The minimum Gasteiger partial charge on any atom is -0.481 e. The Balaban J connectivity index is 1.78. The second kappa shape index (κ2) is 6.68. The van der Waals surface area contributed by atoms with Crippen molar-refractivity contribution in [1.29, 1.82) is 0 Å². The fraction of sp³-hybridized carbons (Fsp3) is 0.786. The van der Waals surface area contributed by atoms with Gasteiger partial charge in [-0.25, -0.2) is 0 Å². The molecule has 1 aliphatic heterocycles. The molecule has 1 aromatic heterocycles. The predicted octanol–water partition coefficient (Wildman–Crippen LogP) is 2.56. The lowest BCUT2D eigenvalue weighted by Gasteiger charge is -2.26. The van der Waals surface area contributed by atoms with Crippen LogP contribution in [0.4, 0.5) is 5.95 Å². The van der Waals surface area contributed by atoms with Gasteiger partial charge in [0.05, 0.1) is 5.75 Å². The largest absolute Gasteiger partial charge is 0.481 e. The lowest BCUT2D eigenvalue weighted by molar-refractivity contribution is -0.133. The number of carboxylic acids is 1. The summed E-state index contributed by atoms with van der Waals surface area (Å²) in [6.45, 7) is 2.07. The molecule has 3 rings (SSSR count). The quantitative estimate of drug-likeness (QED) is 0.843. The van der Waals surface area contributed by atoms with Crippen LogP contribution in [0.15, 0.2) is 5.16 Å². The van der Waals surface area contributed by atoms with E-state index in [1.807, 2.05) is 0 Å². The molecule has 21 heavy (non-hydrogen) atoms. The summed E-state index contributed by atoms with van der Waals surface area (Å²) in [5, 5.41) is 18.2. The maximum atomic E-state index is 10.8. The van der Waals surface area contributed by atoms with Crippen molar-refractivity contribution >= 4 is 23.7 Å². The van der Waals surface area contributed by atoms with Crippen molar-refractivity contribution in [3.05, 3.63) is 0 Å². The summed E-state index contributed by atoms with van der Waals surface area (Å²) < 4.78 is 2.18. The van der Waals surface area contributed by atoms with E-state index in [9.17, 15) is 4.79 Å². The van der Waals surface area contributed by atoms with Crippen molar-refractivity contribution in [3.8, 4) is 0 Å². The zero-order valence-electron chi connectivity index (χ0n) is 12.2. The molecule has 1 aliphatic carbocycles. The topological polar surface area (TPSA) is 71.2 Å². The molecule has 2 aliphatic rings. The molecule has 1 aromatic rings. The summed E-state index contributed by atoms with van der Waals surface area (Å²) >= 11 is 1.28. The number of carbonyl (C=O) groups is 1. The highest BCUT2D eigenvalue weighted by Gasteiger charge is 2.31. The maximum absolute atomic E-state index is 10.8. The molecule has 7 heteroatoms. The highest BCUT2D eigenvalue weighted by molar-refractivity contribution is 7.99. The summed E-state index contributed by atoms with van der Waals surface area (Å²) in [6.07, 6.45) is 8.62. The van der Waals surface area contributed by atoms with E-state index in [0.717, 1.165) is 37.0 Å². The van der Waals surface area contributed by atoms with E-state index in [0.29, 0.717) is 6.04 Å². The van der Waals surface area contributed by atoms with Crippen LogP contribution < -0.4 is 4.90 Å². The summed E-state index contributed by atoms with van der Waals surface area (Å²) in [5.41, 5.74) is 0. The number of carboxylic acid groups (broad SMARTS) is 1. The molecule has 0 unspecified atom stereocenters. The van der Waals surface area contributed by atoms with Crippen LogP contribution >= 0.6 is 11.8 Å². The second-order valence-electron chi connectivity index (χ2n) is 5.82. The van der Waals surface area contributed by atoms with Crippen molar-refractivity contribution < 1.29 is 9.90 Å². The smallest absolute Gasteiger partial charge is 0.313 e. The van der Waals surface area contributed by atoms with Crippen LogP contribution in [0.5, 0.6) is 0 Å². The third-order valence-electron chi connectivity index (χ3n) is 4.02. The number of hydrogen-bond acceptors (Lipinski definition) is 5. The van der Waals surface area contributed by atoms with E-state index < -0.39 is 5.97 Å². The molecular weight excluding hydrogens is 288 g/mol. The van der Waals surface area contributed by atoms with Crippen LogP contribution in [0.3, 0.4) is 0 Å². The number of rotatable bonds is 5. The molecule has 1 saturated carbocycles. The highest BCUT2D eigenvalue weighted by atomic mass is 32.2. The van der Waals surface area contributed by atoms with Crippen molar-refractivity contribution in [2.75, 3.05) is 23.7 Å². The van der Waals surface area contributed by atoms with Crippen molar-refractivity contribution in [2.45, 2.75) is 56.1 Å². The van der Waals surface area contributed by atoms with Crippen LogP contribution in [0.1, 0.15) is 51.0 Å². The van der Waals surface area contributed by atoms with Gasteiger partial charge in [-0.1, -0.05) is 31.0 Å². The Morgan fingerprint density at radius 1 is 1.14 bits per heavy atom.